The second-order valence-electron chi connectivity index (χ2n) is 7.22. The van der Waals surface area contributed by atoms with Gasteiger partial charge in [-0.1, -0.05) is 23.7 Å². The first kappa shape index (κ1) is 19.2. The Balaban J connectivity index is 1.38. The minimum atomic E-state index is 0.196. The summed E-state index contributed by atoms with van der Waals surface area (Å²) in [5.74, 6) is 0.439. The number of carbonyl (C=O) groups is 2. The molecule has 0 bridgehead atoms. The number of aryl methyl sites for hydroxylation is 1. The Kier molecular flexibility index (Phi) is 6.92. The number of amides is 2. The maximum atomic E-state index is 12.4. The van der Waals surface area contributed by atoms with E-state index in [4.69, 9.17) is 11.6 Å². The number of rotatable bonds is 5. The van der Waals surface area contributed by atoms with Gasteiger partial charge < -0.3 is 9.80 Å². The van der Waals surface area contributed by atoms with Crippen LogP contribution in [0.1, 0.15) is 31.2 Å². The molecule has 0 atom stereocenters. The largest absolute Gasteiger partial charge is 0.342 e. The third-order valence-corrected chi connectivity index (χ3v) is 5.59. The molecule has 2 amide bonds. The summed E-state index contributed by atoms with van der Waals surface area (Å²) in [5.41, 5.74) is 1.13. The predicted molar refractivity (Wildman–Crippen MR) is 103 cm³/mol. The third-order valence-electron chi connectivity index (χ3n) is 5.33. The van der Waals surface area contributed by atoms with Gasteiger partial charge in [-0.3, -0.25) is 14.5 Å². The van der Waals surface area contributed by atoms with Gasteiger partial charge in [-0.2, -0.15) is 0 Å². The van der Waals surface area contributed by atoms with Crippen LogP contribution in [0.5, 0.6) is 0 Å². The Hall–Kier alpha value is -1.59. The lowest BCUT2D eigenvalue weighted by molar-refractivity contribution is -0.135. The van der Waals surface area contributed by atoms with Crippen LogP contribution in [0.3, 0.4) is 0 Å². The second kappa shape index (κ2) is 9.38. The molecule has 2 aliphatic rings. The van der Waals surface area contributed by atoms with Gasteiger partial charge in [0.25, 0.3) is 0 Å². The average molecular weight is 378 g/mol. The molecule has 0 aromatic heterocycles. The molecule has 2 saturated heterocycles. The van der Waals surface area contributed by atoms with Crippen LogP contribution < -0.4 is 0 Å². The van der Waals surface area contributed by atoms with Gasteiger partial charge >= 0.3 is 0 Å². The molecule has 0 N–H and O–H groups in total. The van der Waals surface area contributed by atoms with E-state index in [-0.39, 0.29) is 11.8 Å². The zero-order chi connectivity index (χ0) is 18.4. The summed E-state index contributed by atoms with van der Waals surface area (Å²) in [5, 5.41) is 0.718. The molecular formula is C20H28ClN3O2. The second-order valence-corrected chi connectivity index (χ2v) is 7.66. The van der Waals surface area contributed by atoms with E-state index in [2.05, 4.69) is 4.90 Å². The molecular weight excluding hydrogens is 350 g/mol. The highest BCUT2D eigenvalue weighted by Crippen LogP contribution is 2.13. The van der Waals surface area contributed by atoms with Crippen molar-refractivity contribution in [2.24, 2.45) is 0 Å². The fourth-order valence-electron chi connectivity index (χ4n) is 3.65. The van der Waals surface area contributed by atoms with Gasteiger partial charge in [0, 0.05) is 50.7 Å². The number of piperidine rings is 1. The van der Waals surface area contributed by atoms with Gasteiger partial charge in [-0.05, 0) is 43.4 Å². The van der Waals surface area contributed by atoms with Crippen molar-refractivity contribution < 1.29 is 9.59 Å². The molecule has 5 nitrogen and oxygen atoms in total. The molecule has 2 aliphatic heterocycles. The zero-order valence-corrected chi connectivity index (χ0v) is 16.1. The van der Waals surface area contributed by atoms with Gasteiger partial charge in [0.05, 0.1) is 6.54 Å². The first-order valence-electron chi connectivity index (χ1n) is 9.64. The summed E-state index contributed by atoms with van der Waals surface area (Å²) in [6, 6.07) is 7.67. The number of likely N-dealkylation sites (tertiary alicyclic amines) is 1. The number of hydrogen-bond acceptors (Lipinski definition) is 3. The molecule has 0 aliphatic carbocycles. The van der Waals surface area contributed by atoms with Crippen molar-refractivity contribution in [3.05, 3.63) is 34.9 Å². The number of carbonyl (C=O) groups excluding carboxylic acids is 2. The van der Waals surface area contributed by atoms with E-state index in [9.17, 15) is 9.59 Å². The molecule has 3 rings (SSSR count). The minimum Gasteiger partial charge on any atom is -0.342 e. The Bertz CT molecular complexity index is 606. The molecule has 6 heteroatoms. The van der Waals surface area contributed by atoms with Crippen molar-refractivity contribution in [1.82, 2.24) is 14.7 Å². The number of piperazine rings is 1. The Morgan fingerprint density at radius 1 is 0.808 bits per heavy atom. The van der Waals surface area contributed by atoms with Crippen LogP contribution in [-0.2, 0) is 16.0 Å². The zero-order valence-electron chi connectivity index (χ0n) is 15.3. The van der Waals surface area contributed by atoms with Gasteiger partial charge in [-0.25, -0.2) is 0 Å². The Labute approximate surface area is 160 Å². The molecule has 1 aromatic rings. The molecule has 0 saturated carbocycles. The maximum Gasteiger partial charge on any atom is 0.236 e. The van der Waals surface area contributed by atoms with Crippen LogP contribution in [0.2, 0.25) is 5.02 Å². The monoisotopic (exact) mass is 377 g/mol. The number of benzene rings is 1. The summed E-state index contributed by atoms with van der Waals surface area (Å²) in [6.07, 6.45) is 4.75. The fraction of sp³-hybridized carbons (Fsp3) is 0.600. The van der Waals surface area contributed by atoms with Crippen LogP contribution in [0.4, 0.5) is 0 Å². The SMILES string of the molecule is O=C(CCc1ccc(Cl)cc1)N1CCN(CC(=O)N2CCCCC2)CC1. The molecule has 26 heavy (non-hydrogen) atoms. The van der Waals surface area contributed by atoms with Crippen molar-refractivity contribution >= 4 is 23.4 Å². The number of nitrogens with zero attached hydrogens (tertiary/aromatic N) is 3. The van der Waals surface area contributed by atoms with Crippen LogP contribution in [0, 0.1) is 0 Å². The highest BCUT2D eigenvalue weighted by Gasteiger charge is 2.24. The van der Waals surface area contributed by atoms with E-state index < -0.39 is 0 Å². The maximum absolute atomic E-state index is 12.4. The molecule has 0 radical (unpaired) electrons. The molecule has 142 valence electrons. The highest BCUT2D eigenvalue weighted by molar-refractivity contribution is 6.30. The van der Waals surface area contributed by atoms with Crippen molar-refractivity contribution in [2.45, 2.75) is 32.1 Å². The average Bonchev–Trinajstić information content (AvgIpc) is 2.68. The lowest BCUT2D eigenvalue weighted by Gasteiger charge is -2.36. The van der Waals surface area contributed by atoms with Crippen molar-refractivity contribution in [1.29, 1.82) is 0 Å². The van der Waals surface area contributed by atoms with Crippen molar-refractivity contribution in [2.75, 3.05) is 45.8 Å². The topological polar surface area (TPSA) is 43.9 Å². The third kappa shape index (κ3) is 5.45. The highest BCUT2D eigenvalue weighted by atomic mass is 35.5. The van der Waals surface area contributed by atoms with E-state index >= 15 is 0 Å². The van der Waals surface area contributed by atoms with E-state index in [1.807, 2.05) is 34.1 Å². The van der Waals surface area contributed by atoms with Gasteiger partial charge in [0.15, 0.2) is 0 Å². The van der Waals surface area contributed by atoms with Gasteiger partial charge in [0.2, 0.25) is 11.8 Å². The van der Waals surface area contributed by atoms with Crippen LogP contribution in [0.25, 0.3) is 0 Å². The van der Waals surface area contributed by atoms with Crippen LogP contribution >= 0.6 is 11.6 Å². The Morgan fingerprint density at radius 3 is 2.08 bits per heavy atom. The van der Waals surface area contributed by atoms with Crippen molar-refractivity contribution in [3.8, 4) is 0 Å². The number of halogens is 1. The van der Waals surface area contributed by atoms with E-state index in [1.165, 1.54) is 6.42 Å². The van der Waals surface area contributed by atoms with E-state index in [1.54, 1.807) is 0 Å². The van der Waals surface area contributed by atoms with Gasteiger partial charge in [0.1, 0.15) is 0 Å². The fourth-order valence-corrected chi connectivity index (χ4v) is 3.78. The molecule has 1 aromatic carbocycles. The normalized spacial score (nSPS) is 18.8. The molecule has 2 fully saturated rings. The van der Waals surface area contributed by atoms with Gasteiger partial charge in [-0.15, -0.1) is 0 Å². The molecule has 2 heterocycles. The minimum absolute atomic E-state index is 0.196. The summed E-state index contributed by atoms with van der Waals surface area (Å²) in [6.45, 7) is 5.30. The Morgan fingerprint density at radius 2 is 1.42 bits per heavy atom. The van der Waals surface area contributed by atoms with Crippen molar-refractivity contribution in [3.63, 3.8) is 0 Å². The predicted octanol–water partition coefficient (Wildman–Crippen LogP) is 2.43. The number of hydrogen-bond donors (Lipinski definition) is 0. The summed E-state index contributed by atoms with van der Waals surface area (Å²) in [4.78, 5) is 30.9. The lowest BCUT2D eigenvalue weighted by Crippen LogP contribution is -2.52. The first-order valence-corrected chi connectivity index (χ1v) is 10.0. The smallest absolute Gasteiger partial charge is 0.236 e. The van der Waals surface area contributed by atoms with Crippen LogP contribution in [0.15, 0.2) is 24.3 Å². The quantitative estimate of drug-likeness (QED) is 0.791. The summed E-state index contributed by atoms with van der Waals surface area (Å²) >= 11 is 5.89. The summed E-state index contributed by atoms with van der Waals surface area (Å²) < 4.78 is 0. The summed E-state index contributed by atoms with van der Waals surface area (Å²) in [7, 11) is 0. The van der Waals surface area contributed by atoms with Crippen LogP contribution in [-0.4, -0.2) is 72.3 Å². The molecule has 0 spiro atoms. The van der Waals surface area contributed by atoms with E-state index in [0.717, 1.165) is 56.0 Å². The van der Waals surface area contributed by atoms with E-state index in [0.29, 0.717) is 26.1 Å². The standard InChI is InChI=1S/C20H28ClN3O2/c21-18-7-4-17(5-8-18)6-9-19(25)24-14-12-22(13-15-24)16-20(26)23-10-2-1-3-11-23/h4-5,7-8H,1-3,6,9-16H2. The lowest BCUT2D eigenvalue weighted by atomic mass is 10.1. The first-order chi connectivity index (χ1) is 12.6. The molecule has 0 unspecified atom stereocenters.